The average molecular weight is 391 g/mol. The monoisotopic (exact) mass is 390 g/mol. The van der Waals surface area contributed by atoms with Crippen LogP contribution in [-0.2, 0) is 11.8 Å². The minimum atomic E-state index is -0.185. The Morgan fingerprint density at radius 2 is 1.96 bits per heavy atom. The third-order valence-electron chi connectivity index (χ3n) is 4.23. The third-order valence-corrected chi connectivity index (χ3v) is 4.99. The highest BCUT2D eigenvalue weighted by Crippen LogP contribution is 2.26. The van der Waals surface area contributed by atoms with E-state index in [1.807, 2.05) is 36.1 Å². The first kappa shape index (κ1) is 16.7. The fourth-order valence-electron chi connectivity index (χ4n) is 2.79. The zero-order chi connectivity index (χ0) is 17.3. The van der Waals surface area contributed by atoms with Gasteiger partial charge in [0.2, 0.25) is 5.91 Å². The molecule has 1 amide bonds. The topological polar surface area (TPSA) is 67.2 Å². The number of carbonyl (C=O) groups excluding carboxylic acids is 1. The molecule has 1 aliphatic heterocycles. The SMILES string of the molecule is CC(Nc1cnn(C)c(=O)c1Br)c1ccc(N2CCCC2=O)cc1. The summed E-state index contributed by atoms with van der Waals surface area (Å²) < 4.78 is 1.74. The van der Waals surface area contributed by atoms with Crippen molar-refractivity contribution in [1.82, 2.24) is 9.78 Å². The summed E-state index contributed by atoms with van der Waals surface area (Å²) in [6, 6.07) is 7.93. The van der Waals surface area contributed by atoms with Crippen LogP contribution in [0.15, 0.2) is 39.7 Å². The van der Waals surface area contributed by atoms with Crippen molar-refractivity contribution in [2.45, 2.75) is 25.8 Å². The first-order valence-corrected chi connectivity index (χ1v) is 8.65. The predicted molar refractivity (Wildman–Crippen MR) is 97.2 cm³/mol. The molecule has 0 aliphatic carbocycles. The standard InChI is InChI=1S/C17H19BrN4O2/c1-11(20-14-10-19-21(2)17(24)16(14)18)12-5-7-13(8-6-12)22-9-3-4-15(22)23/h5-8,10-11,20H,3-4,9H2,1-2H3. The van der Waals surface area contributed by atoms with E-state index < -0.39 is 0 Å². The molecule has 0 saturated carbocycles. The third kappa shape index (κ3) is 3.21. The van der Waals surface area contributed by atoms with E-state index in [2.05, 4.69) is 26.3 Å². The number of aromatic nitrogens is 2. The summed E-state index contributed by atoms with van der Waals surface area (Å²) in [7, 11) is 1.61. The number of amides is 1. The van der Waals surface area contributed by atoms with Gasteiger partial charge in [-0.2, -0.15) is 5.10 Å². The molecular weight excluding hydrogens is 372 g/mol. The van der Waals surface area contributed by atoms with Crippen LogP contribution < -0.4 is 15.8 Å². The van der Waals surface area contributed by atoms with E-state index in [-0.39, 0.29) is 17.5 Å². The summed E-state index contributed by atoms with van der Waals surface area (Å²) in [6.45, 7) is 2.80. The second-order valence-electron chi connectivity index (χ2n) is 5.91. The van der Waals surface area contributed by atoms with Gasteiger partial charge in [-0.3, -0.25) is 9.59 Å². The summed E-state index contributed by atoms with van der Waals surface area (Å²) >= 11 is 3.31. The van der Waals surface area contributed by atoms with Crippen molar-refractivity contribution >= 4 is 33.2 Å². The van der Waals surface area contributed by atoms with Gasteiger partial charge in [-0.05, 0) is 47.0 Å². The fraction of sp³-hybridized carbons (Fsp3) is 0.353. The Labute approximate surface area is 148 Å². The van der Waals surface area contributed by atoms with E-state index in [9.17, 15) is 9.59 Å². The van der Waals surface area contributed by atoms with Crippen molar-refractivity contribution in [1.29, 1.82) is 0 Å². The molecule has 0 bridgehead atoms. The molecule has 3 rings (SSSR count). The van der Waals surface area contributed by atoms with Gasteiger partial charge in [0.1, 0.15) is 4.47 Å². The zero-order valence-corrected chi connectivity index (χ0v) is 15.2. The Bertz CT molecular complexity index is 816. The molecule has 0 spiro atoms. The Kier molecular flexibility index (Phi) is 4.71. The maximum atomic E-state index is 11.9. The van der Waals surface area contributed by atoms with E-state index >= 15 is 0 Å². The number of halogens is 1. The van der Waals surface area contributed by atoms with Gasteiger partial charge in [-0.15, -0.1) is 0 Å². The van der Waals surface area contributed by atoms with Crippen molar-refractivity contribution in [2.75, 3.05) is 16.8 Å². The van der Waals surface area contributed by atoms with Crippen LogP contribution in [0.1, 0.15) is 31.4 Å². The van der Waals surface area contributed by atoms with Crippen LogP contribution in [-0.4, -0.2) is 22.2 Å². The summed E-state index contributed by atoms with van der Waals surface area (Å²) in [5, 5.41) is 7.32. The first-order valence-electron chi connectivity index (χ1n) is 7.86. The van der Waals surface area contributed by atoms with Crippen molar-refractivity contribution in [2.24, 2.45) is 7.05 Å². The van der Waals surface area contributed by atoms with Gasteiger partial charge in [0.15, 0.2) is 0 Å². The molecule has 1 saturated heterocycles. The normalized spacial score (nSPS) is 15.6. The van der Waals surface area contributed by atoms with E-state index in [1.54, 1.807) is 13.2 Å². The summed E-state index contributed by atoms with van der Waals surface area (Å²) in [4.78, 5) is 25.5. The smallest absolute Gasteiger partial charge is 0.282 e. The van der Waals surface area contributed by atoms with E-state index in [0.29, 0.717) is 16.6 Å². The summed E-state index contributed by atoms with van der Waals surface area (Å²) in [5.41, 5.74) is 2.47. The fourth-order valence-corrected chi connectivity index (χ4v) is 3.27. The number of nitrogens with zero attached hydrogens (tertiary/aromatic N) is 3. The molecule has 1 atom stereocenters. The first-order chi connectivity index (χ1) is 11.5. The molecule has 126 valence electrons. The maximum Gasteiger partial charge on any atom is 0.282 e. The summed E-state index contributed by atoms with van der Waals surface area (Å²) in [5.74, 6) is 0.184. The van der Waals surface area contributed by atoms with E-state index in [0.717, 1.165) is 24.2 Å². The lowest BCUT2D eigenvalue weighted by Gasteiger charge is -2.19. The molecule has 1 fully saturated rings. The van der Waals surface area contributed by atoms with Crippen LogP contribution in [0.5, 0.6) is 0 Å². The molecule has 1 aromatic carbocycles. The van der Waals surface area contributed by atoms with Crippen molar-refractivity contribution in [3.05, 3.63) is 50.9 Å². The Morgan fingerprint density at radius 3 is 2.58 bits per heavy atom. The minimum absolute atomic E-state index is 0.00136. The number of benzene rings is 1. The lowest BCUT2D eigenvalue weighted by molar-refractivity contribution is -0.117. The van der Waals surface area contributed by atoms with Crippen LogP contribution in [0, 0.1) is 0 Å². The number of carbonyl (C=O) groups is 1. The maximum absolute atomic E-state index is 11.9. The quantitative estimate of drug-likeness (QED) is 0.871. The molecule has 0 radical (unpaired) electrons. The molecule has 1 unspecified atom stereocenters. The molecule has 7 heteroatoms. The largest absolute Gasteiger partial charge is 0.376 e. The van der Waals surface area contributed by atoms with Gasteiger partial charge in [0.05, 0.1) is 11.9 Å². The lowest BCUT2D eigenvalue weighted by Crippen LogP contribution is -2.23. The van der Waals surface area contributed by atoms with Gasteiger partial charge in [-0.1, -0.05) is 12.1 Å². The minimum Gasteiger partial charge on any atom is -0.376 e. The van der Waals surface area contributed by atoms with Crippen LogP contribution in [0.3, 0.4) is 0 Å². The molecule has 6 nitrogen and oxygen atoms in total. The van der Waals surface area contributed by atoms with Crippen LogP contribution in [0.4, 0.5) is 11.4 Å². The molecule has 2 aromatic rings. The van der Waals surface area contributed by atoms with E-state index in [4.69, 9.17) is 0 Å². The molecular formula is C17H19BrN4O2. The molecule has 2 heterocycles. The van der Waals surface area contributed by atoms with Gasteiger partial charge < -0.3 is 10.2 Å². The van der Waals surface area contributed by atoms with Gasteiger partial charge in [0.25, 0.3) is 5.56 Å². The second-order valence-corrected chi connectivity index (χ2v) is 6.70. The Balaban J connectivity index is 1.76. The second kappa shape index (κ2) is 6.76. The highest BCUT2D eigenvalue weighted by molar-refractivity contribution is 9.10. The lowest BCUT2D eigenvalue weighted by atomic mass is 10.1. The van der Waals surface area contributed by atoms with Crippen molar-refractivity contribution < 1.29 is 4.79 Å². The molecule has 1 aromatic heterocycles. The zero-order valence-electron chi connectivity index (χ0n) is 13.6. The average Bonchev–Trinajstić information content (AvgIpc) is 3.01. The number of nitrogens with one attached hydrogen (secondary N) is 1. The van der Waals surface area contributed by atoms with Crippen molar-refractivity contribution in [3.8, 4) is 0 Å². The predicted octanol–water partition coefficient (Wildman–Crippen LogP) is 2.84. The van der Waals surface area contributed by atoms with Crippen LogP contribution in [0.2, 0.25) is 0 Å². The number of anilines is 2. The molecule has 1 aliphatic rings. The molecule has 24 heavy (non-hydrogen) atoms. The van der Waals surface area contributed by atoms with Crippen LogP contribution in [0.25, 0.3) is 0 Å². The number of hydrogen-bond acceptors (Lipinski definition) is 4. The Morgan fingerprint density at radius 1 is 1.25 bits per heavy atom. The van der Waals surface area contributed by atoms with Gasteiger partial charge >= 0.3 is 0 Å². The Hall–Kier alpha value is -2.15. The van der Waals surface area contributed by atoms with Gasteiger partial charge in [-0.25, -0.2) is 4.68 Å². The van der Waals surface area contributed by atoms with Gasteiger partial charge in [0, 0.05) is 31.7 Å². The summed E-state index contributed by atoms with van der Waals surface area (Å²) in [6.07, 6.45) is 3.17. The number of aryl methyl sites for hydroxylation is 1. The highest BCUT2D eigenvalue weighted by atomic mass is 79.9. The number of hydrogen-bond donors (Lipinski definition) is 1. The molecule has 1 N–H and O–H groups in total. The number of rotatable bonds is 4. The van der Waals surface area contributed by atoms with Crippen molar-refractivity contribution in [3.63, 3.8) is 0 Å². The van der Waals surface area contributed by atoms with Crippen LogP contribution >= 0.6 is 15.9 Å². The van der Waals surface area contributed by atoms with E-state index in [1.165, 1.54) is 4.68 Å². The highest BCUT2D eigenvalue weighted by Gasteiger charge is 2.21.